The van der Waals surface area contributed by atoms with Crippen molar-refractivity contribution >= 4 is 23.5 Å². The number of hydrogen-bond acceptors (Lipinski definition) is 5. The number of benzene rings is 1. The number of anilines is 1. The Labute approximate surface area is 144 Å². The van der Waals surface area contributed by atoms with E-state index in [1.807, 2.05) is 0 Å². The monoisotopic (exact) mass is 348 g/mol. The van der Waals surface area contributed by atoms with Gasteiger partial charge < -0.3 is 26.0 Å². The molecule has 0 bridgehead atoms. The van der Waals surface area contributed by atoms with Gasteiger partial charge in [0.2, 0.25) is 5.91 Å². The number of rotatable bonds is 6. The van der Waals surface area contributed by atoms with Crippen molar-refractivity contribution in [2.45, 2.75) is 18.4 Å². The smallest absolute Gasteiger partial charge is 0.324 e. The normalized spacial score (nSPS) is 32.6. The first kappa shape index (κ1) is 17.2. The van der Waals surface area contributed by atoms with Crippen LogP contribution in [0.1, 0.15) is 12.8 Å². The standard InChI is InChI=1S/C17H20N2O6/c1-25-10-4-2-9(3-5-10)19-11(20)6-8-7-17(18,16(23)24)14-12(8)13(14)15(21)22/h2-5,8,12-14H,6-7,18H2,1H3,(H,19,20)(H,21,22)(H,23,24)/t8-,12?,13-,14?,17-/m0/s1. The summed E-state index contributed by atoms with van der Waals surface area (Å²) in [6.45, 7) is 0. The maximum absolute atomic E-state index is 12.3. The summed E-state index contributed by atoms with van der Waals surface area (Å²) in [6, 6.07) is 6.79. The Kier molecular flexibility index (Phi) is 4.16. The van der Waals surface area contributed by atoms with Gasteiger partial charge in [-0.05, 0) is 42.5 Å². The van der Waals surface area contributed by atoms with Gasteiger partial charge in [-0.25, -0.2) is 0 Å². The Bertz CT molecular complexity index is 718. The van der Waals surface area contributed by atoms with Crippen LogP contribution in [-0.4, -0.2) is 40.7 Å². The molecule has 8 nitrogen and oxygen atoms in total. The third-order valence-electron chi connectivity index (χ3n) is 5.32. The highest BCUT2D eigenvalue weighted by Gasteiger charge is 2.73. The van der Waals surface area contributed by atoms with Crippen LogP contribution in [0.25, 0.3) is 0 Å². The molecule has 1 aromatic carbocycles. The van der Waals surface area contributed by atoms with E-state index in [1.165, 1.54) is 0 Å². The minimum Gasteiger partial charge on any atom is -0.497 e. The van der Waals surface area contributed by atoms with Crippen molar-refractivity contribution < 1.29 is 29.3 Å². The molecule has 0 saturated heterocycles. The Morgan fingerprint density at radius 2 is 1.92 bits per heavy atom. The molecule has 2 aliphatic carbocycles. The van der Waals surface area contributed by atoms with Gasteiger partial charge in [0, 0.05) is 18.0 Å². The Hall–Kier alpha value is -2.61. The quantitative estimate of drug-likeness (QED) is 0.595. The molecule has 134 valence electrons. The van der Waals surface area contributed by atoms with Crippen LogP contribution in [-0.2, 0) is 14.4 Å². The average molecular weight is 348 g/mol. The molecule has 25 heavy (non-hydrogen) atoms. The van der Waals surface area contributed by atoms with Crippen molar-refractivity contribution in [2.24, 2.45) is 29.4 Å². The number of carboxylic acid groups (broad SMARTS) is 2. The van der Waals surface area contributed by atoms with Gasteiger partial charge in [0.15, 0.2) is 0 Å². The van der Waals surface area contributed by atoms with Gasteiger partial charge >= 0.3 is 11.9 Å². The molecule has 1 aromatic rings. The van der Waals surface area contributed by atoms with Gasteiger partial charge in [-0.1, -0.05) is 0 Å². The van der Waals surface area contributed by atoms with Crippen molar-refractivity contribution in [1.29, 1.82) is 0 Å². The SMILES string of the molecule is COc1ccc(NC(=O)C[C@H]2C[C@@](N)(C(=O)O)C3C2[C@@H]3C(=O)O)cc1. The second-order valence-corrected chi connectivity index (χ2v) is 6.76. The fourth-order valence-electron chi connectivity index (χ4n) is 4.17. The average Bonchev–Trinajstić information content (AvgIpc) is 3.24. The number of nitrogens with two attached hydrogens (primary N) is 1. The molecular formula is C17H20N2O6. The molecule has 1 amide bonds. The molecular weight excluding hydrogens is 328 g/mol. The number of amides is 1. The lowest BCUT2D eigenvalue weighted by molar-refractivity contribution is -0.146. The van der Waals surface area contributed by atoms with Crippen LogP contribution in [0.2, 0.25) is 0 Å². The van der Waals surface area contributed by atoms with Gasteiger partial charge in [0.25, 0.3) is 0 Å². The van der Waals surface area contributed by atoms with Crippen molar-refractivity contribution in [3.8, 4) is 5.75 Å². The van der Waals surface area contributed by atoms with E-state index < -0.39 is 29.3 Å². The van der Waals surface area contributed by atoms with E-state index in [4.69, 9.17) is 10.5 Å². The van der Waals surface area contributed by atoms with Gasteiger partial charge in [-0.2, -0.15) is 0 Å². The lowest BCUT2D eigenvalue weighted by Gasteiger charge is -2.24. The number of nitrogens with one attached hydrogen (secondary N) is 1. The molecule has 5 atom stereocenters. The summed E-state index contributed by atoms with van der Waals surface area (Å²) < 4.78 is 5.04. The fraction of sp³-hybridized carbons (Fsp3) is 0.471. The second-order valence-electron chi connectivity index (χ2n) is 6.76. The molecule has 0 spiro atoms. The van der Waals surface area contributed by atoms with E-state index in [-0.39, 0.29) is 30.6 Å². The van der Waals surface area contributed by atoms with E-state index in [9.17, 15) is 24.6 Å². The van der Waals surface area contributed by atoms with Crippen LogP contribution in [0.3, 0.4) is 0 Å². The lowest BCUT2D eigenvalue weighted by Crippen LogP contribution is -2.50. The van der Waals surface area contributed by atoms with Crippen LogP contribution < -0.4 is 15.8 Å². The first-order valence-corrected chi connectivity index (χ1v) is 7.97. The minimum absolute atomic E-state index is 0.0448. The van der Waals surface area contributed by atoms with Gasteiger partial charge in [-0.3, -0.25) is 14.4 Å². The summed E-state index contributed by atoms with van der Waals surface area (Å²) in [7, 11) is 1.54. The molecule has 0 heterocycles. The van der Waals surface area contributed by atoms with Gasteiger partial charge in [0.05, 0.1) is 13.0 Å². The third kappa shape index (κ3) is 2.93. The summed E-state index contributed by atoms with van der Waals surface area (Å²) in [5.41, 5.74) is 4.97. The zero-order valence-corrected chi connectivity index (χ0v) is 13.6. The number of carbonyl (C=O) groups is 3. The van der Waals surface area contributed by atoms with Crippen LogP contribution in [0.4, 0.5) is 5.69 Å². The summed E-state index contributed by atoms with van der Waals surface area (Å²) in [5, 5.41) is 21.4. The zero-order chi connectivity index (χ0) is 18.4. The van der Waals surface area contributed by atoms with Crippen LogP contribution in [0, 0.1) is 23.7 Å². The summed E-state index contributed by atoms with van der Waals surface area (Å²) in [5.74, 6) is -4.00. The van der Waals surface area contributed by atoms with E-state index in [0.717, 1.165) is 0 Å². The molecule has 2 unspecified atom stereocenters. The van der Waals surface area contributed by atoms with Crippen LogP contribution >= 0.6 is 0 Å². The first-order chi connectivity index (χ1) is 11.8. The van der Waals surface area contributed by atoms with Gasteiger partial charge in [-0.15, -0.1) is 0 Å². The third-order valence-corrected chi connectivity index (χ3v) is 5.32. The van der Waals surface area contributed by atoms with E-state index in [2.05, 4.69) is 5.32 Å². The molecule has 2 saturated carbocycles. The fourth-order valence-corrected chi connectivity index (χ4v) is 4.17. The maximum atomic E-state index is 12.3. The predicted molar refractivity (Wildman–Crippen MR) is 87.0 cm³/mol. The molecule has 0 radical (unpaired) electrons. The Balaban J connectivity index is 1.67. The minimum atomic E-state index is -1.57. The highest BCUT2D eigenvalue weighted by molar-refractivity contribution is 5.92. The van der Waals surface area contributed by atoms with Crippen molar-refractivity contribution in [3.63, 3.8) is 0 Å². The van der Waals surface area contributed by atoms with E-state index in [1.54, 1.807) is 31.4 Å². The summed E-state index contributed by atoms with van der Waals surface area (Å²) in [4.78, 5) is 35.1. The van der Waals surface area contributed by atoms with Crippen molar-refractivity contribution in [3.05, 3.63) is 24.3 Å². The Morgan fingerprint density at radius 3 is 2.44 bits per heavy atom. The molecule has 8 heteroatoms. The number of hydrogen-bond donors (Lipinski definition) is 4. The summed E-state index contributed by atoms with van der Waals surface area (Å²) in [6.07, 6.45) is 0.153. The number of carboxylic acids is 2. The molecule has 0 aliphatic heterocycles. The highest BCUT2D eigenvalue weighted by atomic mass is 16.5. The zero-order valence-electron chi connectivity index (χ0n) is 13.6. The van der Waals surface area contributed by atoms with Crippen LogP contribution in [0.5, 0.6) is 5.75 Å². The molecule has 2 aliphatic rings. The number of aliphatic carboxylic acids is 2. The molecule has 2 fully saturated rings. The Morgan fingerprint density at radius 1 is 1.28 bits per heavy atom. The first-order valence-electron chi connectivity index (χ1n) is 7.97. The van der Waals surface area contributed by atoms with Crippen molar-refractivity contribution in [2.75, 3.05) is 12.4 Å². The number of ether oxygens (including phenoxy) is 1. The van der Waals surface area contributed by atoms with E-state index in [0.29, 0.717) is 11.4 Å². The predicted octanol–water partition coefficient (Wildman–Crippen LogP) is 0.773. The largest absolute Gasteiger partial charge is 0.497 e. The number of methoxy groups -OCH3 is 1. The number of carbonyl (C=O) groups excluding carboxylic acids is 1. The topological polar surface area (TPSA) is 139 Å². The van der Waals surface area contributed by atoms with Crippen molar-refractivity contribution in [1.82, 2.24) is 0 Å². The van der Waals surface area contributed by atoms with E-state index >= 15 is 0 Å². The molecule has 5 N–H and O–H groups in total. The lowest BCUT2D eigenvalue weighted by atomic mass is 9.86. The number of fused-ring (bicyclic) bond motifs is 1. The molecule has 3 rings (SSSR count). The van der Waals surface area contributed by atoms with Gasteiger partial charge in [0.1, 0.15) is 11.3 Å². The summed E-state index contributed by atoms with van der Waals surface area (Å²) >= 11 is 0. The maximum Gasteiger partial charge on any atom is 0.324 e. The highest BCUT2D eigenvalue weighted by Crippen LogP contribution is 2.65. The second kappa shape index (κ2) is 6.03. The van der Waals surface area contributed by atoms with Crippen LogP contribution in [0.15, 0.2) is 24.3 Å². The molecule has 0 aromatic heterocycles.